The third-order valence-electron chi connectivity index (χ3n) is 6.48. The summed E-state index contributed by atoms with van der Waals surface area (Å²) in [6, 6.07) is 0. The zero-order chi connectivity index (χ0) is 42.0. The van der Waals surface area contributed by atoms with E-state index in [1.165, 1.54) is 9.80 Å². The van der Waals surface area contributed by atoms with Gasteiger partial charge < -0.3 is 85.3 Å². The van der Waals surface area contributed by atoms with Crippen molar-refractivity contribution < 1.29 is 316 Å². The molecule has 0 spiro atoms. The molecule has 0 atom stereocenters. The van der Waals surface area contributed by atoms with Gasteiger partial charge in [0, 0.05) is 126 Å². The van der Waals surface area contributed by atoms with Crippen LogP contribution in [0.4, 0.5) is 0 Å². The van der Waals surface area contributed by atoms with E-state index in [0.717, 1.165) is 19.6 Å². The number of carbonyl (C=O) groups is 10. The van der Waals surface area contributed by atoms with Crippen LogP contribution in [0.3, 0.4) is 0 Å². The molecule has 0 aromatic carbocycles. The van der Waals surface area contributed by atoms with Crippen molar-refractivity contribution in [3.8, 4) is 0 Å². The molecule has 0 saturated carbocycles. The second kappa shape index (κ2) is 54.4. The van der Waals surface area contributed by atoms with Gasteiger partial charge in [-0.25, -0.2) is 0 Å². The predicted molar refractivity (Wildman–Crippen MR) is 163 cm³/mol. The van der Waals surface area contributed by atoms with Crippen LogP contribution < -0.4 is 208 Å². The van der Waals surface area contributed by atoms with Gasteiger partial charge in [0.1, 0.15) is 0 Å². The zero-order valence-corrected chi connectivity index (χ0v) is 49.7. The van der Waals surface area contributed by atoms with E-state index < -0.39 is 125 Å². The number of carbonyl (C=O) groups excluding carboxylic acids is 6. The minimum atomic E-state index is -1.53. The van der Waals surface area contributed by atoms with Gasteiger partial charge in [-0.15, -0.1) is 0 Å². The Morgan fingerprint density at radius 1 is 0.270 bits per heavy atom. The Morgan fingerprint density at radius 3 is 0.508 bits per heavy atom. The summed E-state index contributed by atoms with van der Waals surface area (Å²) >= 11 is 0. The Morgan fingerprint density at radius 2 is 0.381 bits per heavy atom. The van der Waals surface area contributed by atoms with Gasteiger partial charge >= 0.3 is 201 Å². The fraction of sp³-hybridized carbons (Fsp3) is 0.643. The molecule has 0 aliphatic rings. The Balaban J connectivity index is -0.0000000835. The molecule has 0 unspecified atom stereocenters. The van der Waals surface area contributed by atoms with Gasteiger partial charge in [0.25, 0.3) is 0 Å². The number of carboxylic acid groups (broad SMARTS) is 10. The van der Waals surface area contributed by atoms with Gasteiger partial charge in [-0.1, -0.05) is 0 Å². The average molecular weight is 1060 g/mol. The second-order valence-corrected chi connectivity index (χ2v) is 11.2. The van der Waals surface area contributed by atoms with Crippen molar-refractivity contribution in [2.45, 2.75) is 0 Å². The van der Waals surface area contributed by atoms with E-state index in [4.69, 9.17) is 20.4 Å². The van der Waals surface area contributed by atoms with Crippen molar-refractivity contribution in [3.63, 3.8) is 0 Å². The molecule has 0 saturated heterocycles. The van der Waals surface area contributed by atoms with Crippen LogP contribution in [-0.2, 0) is 82.1 Å². The largest absolute Gasteiger partial charge is 1.00 e. The summed E-state index contributed by atoms with van der Waals surface area (Å²) < 4.78 is 0. The second-order valence-electron chi connectivity index (χ2n) is 11.2. The normalized spacial score (nSPS) is 9.49. The topological polar surface area (TPSA) is 441 Å². The number of aliphatic carboxylic acids is 10. The average Bonchev–Trinajstić information content (AvgIpc) is 2.97. The number of hydrogen-bond acceptors (Lipinski definition) is 22. The van der Waals surface area contributed by atoms with E-state index >= 15 is 0 Å². The molecule has 0 bridgehead atoms. The first-order valence-electron chi connectivity index (χ1n) is 15.4. The smallest absolute Gasteiger partial charge is 0.549 e. The van der Waals surface area contributed by atoms with Crippen molar-refractivity contribution in [1.29, 1.82) is 0 Å². The summed E-state index contributed by atoms with van der Waals surface area (Å²) in [7, 11) is 0. The maximum atomic E-state index is 10.9. The van der Waals surface area contributed by atoms with Gasteiger partial charge in [-0.2, -0.15) is 0 Å². The number of carboxylic acids is 10. The number of hydrogen-bond donors (Lipinski definition) is 4. The Hall–Kier alpha value is 1.46. The van der Waals surface area contributed by atoms with E-state index in [-0.39, 0.29) is 269 Å². The third-order valence-corrected chi connectivity index (χ3v) is 6.48. The first-order valence-corrected chi connectivity index (χ1v) is 15.4. The summed E-state index contributed by atoms with van der Waals surface area (Å²) in [5, 5.41) is 99.2. The van der Waals surface area contributed by atoms with Crippen LogP contribution in [0, 0.1) is 0 Å². The van der Waals surface area contributed by atoms with Crippen LogP contribution in [0.15, 0.2) is 0 Å². The van der Waals surface area contributed by atoms with Crippen molar-refractivity contribution in [2.75, 3.05) is 118 Å². The minimum Gasteiger partial charge on any atom is -0.549 e. The molecule has 338 valence electrons. The summed E-state index contributed by atoms with van der Waals surface area (Å²) in [4.78, 5) is 114. The van der Waals surface area contributed by atoms with Gasteiger partial charge in [0.05, 0.1) is 62.0 Å². The molecular weight excluding hydrogens is 1020 g/mol. The first kappa shape index (κ1) is 90.8. The molecule has 0 aromatic rings. The quantitative estimate of drug-likeness (QED) is 0.0455. The van der Waals surface area contributed by atoms with Crippen molar-refractivity contribution in [1.82, 2.24) is 29.4 Å². The van der Waals surface area contributed by atoms with Gasteiger partial charge in [-0.3, -0.25) is 48.6 Å². The van der Waals surface area contributed by atoms with Crippen LogP contribution in [0.2, 0.25) is 0 Å². The first-order chi connectivity index (χ1) is 25.0. The SMILES string of the molecule is O.O=C([O-])CN(CCN(CCN(CC(=O)[O-])CC(=O)O)CC(=O)O)CC(=O)[O-].O=C([O-])CN(CCN(CCN(CC(=O)[O-])CC(=O)O)CC(=O)O)CC(=O)[O-].[Cu].[Cu].[Na+].[Na+].[Na+].[Na+].[Na+].[Na+]. The Kier molecular flexibility index (Phi) is 78.4. The van der Waals surface area contributed by atoms with E-state index in [9.17, 15) is 78.6 Å². The molecule has 2 radical (unpaired) electrons. The molecule has 0 aliphatic heterocycles. The van der Waals surface area contributed by atoms with Crippen LogP contribution in [-0.4, -0.2) is 233 Å². The molecule has 0 rings (SSSR count). The fourth-order valence-corrected chi connectivity index (χ4v) is 4.39. The third kappa shape index (κ3) is 63.5. The summed E-state index contributed by atoms with van der Waals surface area (Å²) in [6.07, 6.45) is 0. The summed E-state index contributed by atoms with van der Waals surface area (Å²) in [6.45, 7) is -7.15. The van der Waals surface area contributed by atoms with Gasteiger partial charge in [0.15, 0.2) is 0 Å². The summed E-state index contributed by atoms with van der Waals surface area (Å²) in [5.74, 6) is -14.1. The minimum absolute atomic E-state index is 0. The summed E-state index contributed by atoms with van der Waals surface area (Å²) in [5.41, 5.74) is 0. The standard InChI is InChI=1S/2C14H23N3O10.2Cu.6Na.H2O/c2*18-10(19)5-15(1-3-16(6-11(20)21)7-12(22)23)2-4-17(8-13(24)25)9-14(26)27;;;;;;;;;/h2*1-9H2,(H,18,19)(H,20,21)(H,22,23)(H,24,25)(H,26,27);;;;;;;;;1H2/q;;;;6*+1;/p-6. The maximum Gasteiger partial charge on any atom is 1.00 e. The van der Waals surface area contributed by atoms with E-state index in [2.05, 4.69) is 0 Å². The van der Waals surface area contributed by atoms with E-state index in [0.29, 0.717) is 0 Å². The number of nitrogens with zero attached hydrogens (tertiary/aromatic N) is 6. The van der Waals surface area contributed by atoms with Crippen LogP contribution >= 0.6 is 0 Å². The molecule has 63 heavy (non-hydrogen) atoms. The molecular formula is C28H42Cu2N6Na6O21. The molecule has 0 aromatic heterocycles. The fourth-order valence-electron chi connectivity index (χ4n) is 4.39. The van der Waals surface area contributed by atoms with E-state index in [1.807, 2.05) is 0 Å². The predicted octanol–water partition coefficient (Wildman–Crippen LogP) is -32.2. The molecule has 0 fully saturated rings. The number of rotatable bonds is 32. The van der Waals surface area contributed by atoms with Crippen molar-refractivity contribution in [3.05, 3.63) is 0 Å². The molecule has 27 nitrogen and oxygen atoms in total. The van der Waals surface area contributed by atoms with Crippen molar-refractivity contribution in [2.24, 2.45) is 0 Å². The monoisotopic (exact) mass is 1060 g/mol. The van der Waals surface area contributed by atoms with Crippen LogP contribution in [0.25, 0.3) is 0 Å². The molecule has 0 heterocycles. The van der Waals surface area contributed by atoms with Gasteiger partial charge in [0.2, 0.25) is 0 Å². The maximum absolute atomic E-state index is 10.9. The zero-order valence-electron chi connectivity index (χ0n) is 35.8. The Bertz CT molecular complexity index is 1100. The molecule has 0 amide bonds. The Labute approximate surface area is 515 Å². The van der Waals surface area contributed by atoms with Crippen LogP contribution in [0.5, 0.6) is 0 Å². The van der Waals surface area contributed by atoms with Crippen molar-refractivity contribution >= 4 is 59.7 Å². The van der Waals surface area contributed by atoms with E-state index in [1.54, 1.807) is 0 Å². The molecule has 0 aliphatic carbocycles. The van der Waals surface area contributed by atoms with Gasteiger partial charge in [-0.05, 0) is 0 Å². The van der Waals surface area contributed by atoms with Crippen LogP contribution in [0.1, 0.15) is 0 Å². The molecule has 35 heteroatoms. The molecule has 6 N–H and O–H groups in total.